The van der Waals surface area contributed by atoms with E-state index in [4.69, 9.17) is 4.98 Å². The van der Waals surface area contributed by atoms with Crippen LogP contribution in [0.5, 0.6) is 0 Å². The summed E-state index contributed by atoms with van der Waals surface area (Å²) in [7, 11) is -0.793. The second-order valence-electron chi connectivity index (χ2n) is 12.1. The first-order chi connectivity index (χ1) is 21.3. The second-order valence-corrected chi connectivity index (χ2v) is 13.8. The Balaban J connectivity index is 1.16. The number of fused-ring (bicyclic) bond motifs is 1. The van der Waals surface area contributed by atoms with Crippen molar-refractivity contribution in [2.75, 3.05) is 43.0 Å². The van der Waals surface area contributed by atoms with Crippen LogP contribution in [0.4, 0.5) is 14.6 Å². The third-order valence-electron chi connectivity index (χ3n) is 9.05. The summed E-state index contributed by atoms with van der Waals surface area (Å²) in [4.78, 5) is 25.4. The number of alkyl halides is 2. The number of nitrogens with zero attached hydrogens (tertiary/aromatic N) is 4. The Bertz CT molecular complexity index is 1510. The van der Waals surface area contributed by atoms with E-state index in [1.807, 2.05) is 24.5 Å². The van der Waals surface area contributed by atoms with Gasteiger partial charge in [0.15, 0.2) is 0 Å². The van der Waals surface area contributed by atoms with E-state index in [-0.39, 0.29) is 17.0 Å². The molecule has 1 aromatic carbocycles. The standard InChI is InChI=1S/C34H45F2N5O2S/c1-3-37-31-30-24-29(26-16-22-44(43)23-17-26)33(42)41(32(30)39-25(2)38-31)19-11-6-4-5-10-18-40-20-14-28(15-21-40)34(35,36)27-12-8-7-9-13-27/h5,7-10,12-13,24,26,28H,3-4,6,11,14-23H2,1-2H3,(H,37,38,39)/b10-5-. The van der Waals surface area contributed by atoms with Gasteiger partial charge < -0.3 is 5.32 Å². The third-order valence-corrected chi connectivity index (χ3v) is 10.4. The maximum absolute atomic E-state index is 15.0. The van der Waals surface area contributed by atoms with E-state index in [1.165, 1.54) is 12.1 Å². The van der Waals surface area contributed by atoms with Gasteiger partial charge in [0, 0.05) is 59.0 Å². The molecule has 3 aromatic rings. The molecule has 0 amide bonds. The fourth-order valence-corrected chi connectivity index (χ4v) is 7.83. The highest BCUT2D eigenvalue weighted by Gasteiger charge is 2.42. The molecular weight excluding hydrogens is 580 g/mol. The molecule has 0 radical (unpaired) electrons. The van der Waals surface area contributed by atoms with E-state index in [0.717, 1.165) is 55.4 Å². The van der Waals surface area contributed by atoms with Gasteiger partial charge in [0.1, 0.15) is 17.3 Å². The lowest BCUT2D eigenvalue weighted by atomic mass is 9.86. The molecule has 10 heteroatoms. The third kappa shape index (κ3) is 7.62. The molecular formula is C34H45F2N5O2S. The zero-order valence-corrected chi connectivity index (χ0v) is 26.8. The fourth-order valence-electron chi connectivity index (χ4n) is 6.53. The summed E-state index contributed by atoms with van der Waals surface area (Å²) in [6, 6.07) is 10.2. The minimum absolute atomic E-state index is 0.00696. The van der Waals surface area contributed by atoms with E-state index in [0.29, 0.717) is 62.0 Å². The number of hydrogen-bond donors (Lipinski definition) is 1. The summed E-state index contributed by atoms with van der Waals surface area (Å²) >= 11 is 0. The van der Waals surface area contributed by atoms with Crippen LogP contribution in [0.1, 0.15) is 74.7 Å². The average Bonchev–Trinajstić information content (AvgIpc) is 3.03. The molecule has 0 atom stereocenters. The van der Waals surface area contributed by atoms with E-state index in [9.17, 15) is 17.8 Å². The Morgan fingerprint density at radius 1 is 1.05 bits per heavy atom. The molecule has 7 nitrogen and oxygen atoms in total. The number of nitrogens with one attached hydrogen (secondary N) is 1. The Morgan fingerprint density at radius 2 is 1.77 bits per heavy atom. The number of piperidine rings is 1. The molecule has 2 aliphatic rings. The first kappa shape index (κ1) is 32.4. The van der Waals surface area contributed by atoms with Gasteiger partial charge in [0.2, 0.25) is 0 Å². The van der Waals surface area contributed by atoms with E-state index < -0.39 is 22.6 Å². The monoisotopic (exact) mass is 625 g/mol. The van der Waals surface area contributed by atoms with Crippen LogP contribution >= 0.6 is 0 Å². The van der Waals surface area contributed by atoms with Crippen LogP contribution < -0.4 is 10.9 Å². The predicted molar refractivity (Wildman–Crippen MR) is 175 cm³/mol. The molecule has 1 N–H and O–H groups in total. The highest BCUT2D eigenvalue weighted by atomic mass is 32.2. The summed E-state index contributed by atoms with van der Waals surface area (Å²) in [6.45, 7) is 7.28. The van der Waals surface area contributed by atoms with Gasteiger partial charge in [0.05, 0.1) is 5.39 Å². The lowest BCUT2D eigenvalue weighted by Gasteiger charge is -2.35. The van der Waals surface area contributed by atoms with E-state index in [1.54, 1.807) is 18.2 Å². The molecule has 238 valence electrons. The Morgan fingerprint density at radius 3 is 2.48 bits per heavy atom. The number of rotatable bonds is 12. The van der Waals surface area contributed by atoms with Gasteiger partial charge >= 0.3 is 0 Å². The molecule has 5 rings (SSSR count). The second kappa shape index (κ2) is 14.9. The predicted octanol–water partition coefficient (Wildman–Crippen LogP) is 6.39. The number of pyridine rings is 1. The van der Waals surface area contributed by atoms with Crippen LogP contribution in [0.15, 0.2) is 53.3 Å². The molecule has 2 saturated heterocycles. The minimum Gasteiger partial charge on any atom is -0.370 e. The van der Waals surface area contributed by atoms with Crippen LogP contribution in [-0.4, -0.2) is 61.3 Å². The highest BCUT2D eigenvalue weighted by molar-refractivity contribution is 7.85. The Kier molecular flexibility index (Phi) is 11.0. The smallest absolute Gasteiger partial charge is 0.276 e. The van der Waals surface area contributed by atoms with Crippen molar-refractivity contribution in [2.24, 2.45) is 5.92 Å². The molecule has 0 bridgehead atoms. The number of anilines is 1. The topological polar surface area (TPSA) is 80.1 Å². The molecule has 0 aliphatic carbocycles. The first-order valence-corrected chi connectivity index (χ1v) is 17.6. The van der Waals surface area contributed by atoms with Gasteiger partial charge in [-0.05, 0) is 83.9 Å². The van der Waals surface area contributed by atoms with Crippen LogP contribution in [0.3, 0.4) is 0 Å². The molecule has 44 heavy (non-hydrogen) atoms. The lowest BCUT2D eigenvalue weighted by molar-refractivity contribution is -0.0846. The van der Waals surface area contributed by atoms with Gasteiger partial charge in [0.25, 0.3) is 11.5 Å². The zero-order chi connectivity index (χ0) is 31.1. The molecule has 2 aliphatic heterocycles. The van der Waals surface area contributed by atoms with Crippen molar-refractivity contribution in [3.63, 3.8) is 0 Å². The molecule has 0 spiro atoms. The fraction of sp³-hybridized carbons (Fsp3) is 0.559. The Hall–Kier alpha value is -2.98. The number of hydrogen-bond acceptors (Lipinski definition) is 6. The van der Waals surface area contributed by atoms with Crippen molar-refractivity contribution in [3.8, 4) is 0 Å². The van der Waals surface area contributed by atoms with Crippen LogP contribution in [-0.2, 0) is 23.3 Å². The lowest BCUT2D eigenvalue weighted by Crippen LogP contribution is -2.39. The van der Waals surface area contributed by atoms with Crippen LogP contribution in [0.25, 0.3) is 11.0 Å². The highest BCUT2D eigenvalue weighted by Crippen LogP contribution is 2.41. The first-order valence-electron chi connectivity index (χ1n) is 16.1. The van der Waals surface area contributed by atoms with Gasteiger partial charge in [-0.15, -0.1) is 0 Å². The minimum atomic E-state index is -2.79. The molecule has 0 saturated carbocycles. The SMILES string of the molecule is CCNc1nc(C)nc2c1cc(C1CCS(=O)CC1)c(=O)n2CCCC/C=C\CN1CCC(C(F)(F)c2ccccc2)CC1. The number of aromatic nitrogens is 3. The van der Waals surface area contributed by atoms with Crippen molar-refractivity contribution in [3.05, 3.63) is 75.9 Å². The summed E-state index contributed by atoms with van der Waals surface area (Å²) in [5.74, 6) is -0.657. The molecule has 0 unspecified atom stereocenters. The van der Waals surface area contributed by atoms with Gasteiger partial charge in [-0.3, -0.25) is 18.5 Å². The maximum Gasteiger partial charge on any atom is 0.276 e. The maximum atomic E-state index is 15.0. The number of aryl methyl sites for hydroxylation is 2. The van der Waals surface area contributed by atoms with Gasteiger partial charge in [-0.1, -0.05) is 42.5 Å². The van der Waals surface area contributed by atoms with Crippen LogP contribution in [0, 0.1) is 12.8 Å². The summed E-state index contributed by atoms with van der Waals surface area (Å²) in [5.41, 5.74) is 1.57. The number of benzene rings is 1. The average molecular weight is 626 g/mol. The summed E-state index contributed by atoms with van der Waals surface area (Å²) in [5, 5.41) is 4.21. The molecule has 4 heterocycles. The number of allylic oxidation sites excluding steroid dienone is 1. The van der Waals surface area contributed by atoms with Gasteiger partial charge in [-0.25, -0.2) is 18.7 Å². The number of halogens is 2. The van der Waals surface area contributed by atoms with Crippen molar-refractivity contribution < 1.29 is 13.0 Å². The number of likely N-dealkylation sites (tertiary alicyclic amines) is 1. The summed E-state index contributed by atoms with van der Waals surface area (Å²) in [6.07, 6.45) is 9.46. The molecule has 2 fully saturated rings. The van der Waals surface area contributed by atoms with Gasteiger partial charge in [-0.2, -0.15) is 0 Å². The number of unbranched alkanes of at least 4 members (excludes halogenated alkanes) is 2. The quantitative estimate of drug-likeness (QED) is 0.186. The van der Waals surface area contributed by atoms with Crippen LogP contribution in [0.2, 0.25) is 0 Å². The van der Waals surface area contributed by atoms with Crippen molar-refractivity contribution in [1.29, 1.82) is 0 Å². The largest absolute Gasteiger partial charge is 0.370 e. The summed E-state index contributed by atoms with van der Waals surface area (Å²) < 4.78 is 43.7. The van der Waals surface area contributed by atoms with E-state index >= 15 is 0 Å². The van der Waals surface area contributed by atoms with Crippen molar-refractivity contribution in [2.45, 2.75) is 77.2 Å². The Labute approximate surface area is 261 Å². The normalized spacial score (nSPS) is 20.5. The van der Waals surface area contributed by atoms with Crippen molar-refractivity contribution >= 4 is 27.7 Å². The molecule has 2 aromatic heterocycles. The van der Waals surface area contributed by atoms with Crippen molar-refractivity contribution in [1.82, 2.24) is 19.4 Å². The zero-order valence-electron chi connectivity index (χ0n) is 25.9. The van der Waals surface area contributed by atoms with E-state index in [2.05, 4.69) is 27.4 Å².